The minimum Gasteiger partial charge on any atom is -0.326 e. The highest BCUT2D eigenvalue weighted by atomic mass is 35.5. The smallest absolute Gasteiger partial charge is 0.271 e. The van der Waals surface area contributed by atoms with E-state index in [1.807, 2.05) is 24.3 Å². The molecule has 2 aromatic carbocycles. The predicted octanol–water partition coefficient (Wildman–Crippen LogP) is 3.84. The van der Waals surface area contributed by atoms with Crippen LogP contribution in [0.1, 0.15) is 35.7 Å². The summed E-state index contributed by atoms with van der Waals surface area (Å²) in [4.78, 5) is 23.8. The van der Waals surface area contributed by atoms with Gasteiger partial charge in [0.05, 0.1) is 5.71 Å². The standard InChI is InChI=1S/C19H18ClN3O2/c1-12(22-23-19(25)15-3-2-4-16(20)11-15)13-7-9-17(10-8-13)21-18(24)14-5-6-14/h2-4,7-11,14H,5-6H2,1H3,(H,21,24)(H,23,25)/b22-12-. The molecule has 25 heavy (non-hydrogen) atoms. The molecule has 3 rings (SSSR count). The third-order valence-electron chi connectivity index (χ3n) is 3.93. The minimum absolute atomic E-state index is 0.0759. The summed E-state index contributed by atoms with van der Waals surface area (Å²) < 4.78 is 0. The third kappa shape index (κ3) is 4.67. The van der Waals surface area contributed by atoms with Gasteiger partial charge in [-0.2, -0.15) is 5.10 Å². The Kier molecular flexibility index (Phi) is 5.14. The molecule has 1 aliphatic rings. The molecule has 0 aromatic heterocycles. The fourth-order valence-corrected chi connectivity index (χ4v) is 2.47. The Bertz CT molecular complexity index is 827. The average Bonchev–Trinajstić information content (AvgIpc) is 3.45. The van der Waals surface area contributed by atoms with E-state index in [9.17, 15) is 9.59 Å². The van der Waals surface area contributed by atoms with Crippen molar-refractivity contribution in [3.63, 3.8) is 0 Å². The Balaban J connectivity index is 1.61. The lowest BCUT2D eigenvalue weighted by Crippen LogP contribution is -2.19. The van der Waals surface area contributed by atoms with Crippen LogP contribution in [-0.2, 0) is 4.79 Å². The number of nitrogens with zero attached hydrogens (tertiary/aromatic N) is 1. The van der Waals surface area contributed by atoms with Crippen molar-refractivity contribution < 1.29 is 9.59 Å². The quantitative estimate of drug-likeness (QED) is 0.631. The highest BCUT2D eigenvalue weighted by Crippen LogP contribution is 2.30. The van der Waals surface area contributed by atoms with Gasteiger partial charge < -0.3 is 5.32 Å². The Morgan fingerprint density at radius 2 is 1.80 bits per heavy atom. The maximum Gasteiger partial charge on any atom is 0.271 e. The van der Waals surface area contributed by atoms with Crippen molar-refractivity contribution in [1.82, 2.24) is 5.43 Å². The SMILES string of the molecule is C/C(=N/NC(=O)c1cccc(Cl)c1)c1ccc(NC(=O)C2CC2)cc1. The average molecular weight is 356 g/mol. The molecule has 128 valence electrons. The maximum absolute atomic E-state index is 12.1. The van der Waals surface area contributed by atoms with Gasteiger partial charge in [-0.3, -0.25) is 9.59 Å². The second-order valence-corrected chi connectivity index (χ2v) is 6.43. The van der Waals surface area contributed by atoms with E-state index in [1.165, 1.54) is 0 Å². The first-order chi connectivity index (χ1) is 12.0. The van der Waals surface area contributed by atoms with Crippen LogP contribution in [0.25, 0.3) is 0 Å². The van der Waals surface area contributed by atoms with Gasteiger partial charge in [-0.1, -0.05) is 29.8 Å². The molecule has 2 amide bonds. The first-order valence-corrected chi connectivity index (χ1v) is 8.42. The lowest BCUT2D eigenvalue weighted by atomic mass is 10.1. The largest absolute Gasteiger partial charge is 0.326 e. The lowest BCUT2D eigenvalue weighted by molar-refractivity contribution is -0.117. The monoisotopic (exact) mass is 355 g/mol. The van der Waals surface area contributed by atoms with Crippen LogP contribution in [0.2, 0.25) is 5.02 Å². The molecule has 0 spiro atoms. The van der Waals surface area contributed by atoms with Crippen LogP contribution in [0.5, 0.6) is 0 Å². The van der Waals surface area contributed by atoms with Crippen LogP contribution < -0.4 is 10.7 Å². The van der Waals surface area contributed by atoms with E-state index in [0.717, 1.165) is 24.1 Å². The van der Waals surface area contributed by atoms with Gasteiger partial charge in [-0.25, -0.2) is 5.43 Å². The second-order valence-electron chi connectivity index (χ2n) is 5.99. The van der Waals surface area contributed by atoms with Gasteiger partial charge in [0, 0.05) is 22.2 Å². The molecule has 1 fully saturated rings. The number of carbonyl (C=O) groups is 2. The zero-order chi connectivity index (χ0) is 17.8. The van der Waals surface area contributed by atoms with Crippen molar-refractivity contribution in [2.24, 2.45) is 11.0 Å². The normalized spacial score (nSPS) is 14.1. The molecular formula is C19H18ClN3O2. The number of benzene rings is 2. The molecule has 5 nitrogen and oxygen atoms in total. The van der Waals surface area contributed by atoms with E-state index in [1.54, 1.807) is 31.2 Å². The summed E-state index contributed by atoms with van der Waals surface area (Å²) in [6, 6.07) is 14.0. The van der Waals surface area contributed by atoms with Gasteiger partial charge in [0.15, 0.2) is 0 Å². The van der Waals surface area contributed by atoms with Gasteiger partial charge in [-0.15, -0.1) is 0 Å². The van der Waals surface area contributed by atoms with Gasteiger partial charge in [-0.05, 0) is 55.7 Å². The topological polar surface area (TPSA) is 70.6 Å². The number of hydrogen-bond acceptors (Lipinski definition) is 3. The number of halogens is 1. The molecule has 6 heteroatoms. The van der Waals surface area contributed by atoms with Crippen LogP contribution in [0.4, 0.5) is 5.69 Å². The van der Waals surface area contributed by atoms with Crippen molar-refractivity contribution in [3.8, 4) is 0 Å². The minimum atomic E-state index is -0.324. The summed E-state index contributed by atoms with van der Waals surface area (Å²) in [5.41, 5.74) is 5.24. The number of carbonyl (C=O) groups excluding carboxylic acids is 2. The molecule has 0 atom stereocenters. The Hall–Kier alpha value is -2.66. The predicted molar refractivity (Wildman–Crippen MR) is 98.9 cm³/mol. The molecule has 0 radical (unpaired) electrons. The molecule has 2 aromatic rings. The number of nitrogens with one attached hydrogen (secondary N) is 2. The number of amides is 2. The molecule has 0 unspecified atom stereocenters. The number of anilines is 1. The number of hydrazone groups is 1. The van der Waals surface area contributed by atoms with E-state index in [4.69, 9.17) is 11.6 Å². The van der Waals surface area contributed by atoms with Crippen LogP contribution in [0.3, 0.4) is 0 Å². The molecular weight excluding hydrogens is 338 g/mol. The molecule has 0 heterocycles. The molecule has 1 saturated carbocycles. The summed E-state index contributed by atoms with van der Waals surface area (Å²) in [6.07, 6.45) is 1.95. The first-order valence-electron chi connectivity index (χ1n) is 8.04. The lowest BCUT2D eigenvalue weighted by Gasteiger charge is -2.06. The highest BCUT2D eigenvalue weighted by molar-refractivity contribution is 6.30. The number of rotatable bonds is 5. The van der Waals surface area contributed by atoms with Crippen molar-refractivity contribution in [3.05, 3.63) is 64.7 Å². The van der Waals surface area contributed by atoms with E-state index >= 15 is 0 Å². The van der Waals surface area contributed by atoms with Gasteiger partial charge in [0.2, 0.25) is 5.91 Å². The summed E-state index contributed by atoms with van der Waals surface area (Å²) in [7, 11) is 0. The van der Waals surface area contributed by atoms with Gasteiger partial charge in [0.1, 0.15) is 0 Å². The zero-order valence-corrected chi connectivity index (χ0v) is 14.5. The first kappa shape index (κ1) is 17.2. The fourth-order valence-electron chi connectivity index (χ4n) is 2.28. The van der Waals surface area contributed by atoms with E-state index in [-0.39, 0.29) is 17.7 Å². The fraction of sp³-hybridized carbons (Fsp3) is 0.211. The summed E-state index contributed by atoms with van der Waals surface area (Å²) >= 11 is 5.88. The summed E-state index contributed by atoms with van der Waals surface area (Å²) in [6.45, 7) is 1.80. The Morgan fingerprint density at radius 1 is 1.08 bits per heavy atom. The molecule has 0 bridgehead atoms. The molecule has 2 N–H and O–H groups in total. The Labute approximate surface area is 151 Å². The van der Waals surface area contributed by atoms with Crippen molar-refractivity contribution in [2.45, 2.75) is 19.8 Å². The Morgan fingerprint density at radius 3 is 2.44 bits per heavy atom. The van der Waals surface area contributed by atoms with Crippen molar-refractivity contribution >= 4 is 34.8 Å². The molecule has 1 aliphatic carbocycles. The highest BCUT2D eigenvalue weighted by Gasteiger charge is 2.29. The summed E-state index contributed by atoms with van der Waals surface area (Å²) in [5, 5.41) is 7.50. The number of hydrogen-bond donors (Lipinski definition) is 2. The second kappa shape index (κ2) is 7.49. The molecule has 0 saturated heterocycles. The van der Waals surface area contributed by atoms with Crippen LogP contribution in [0, 0.1) is 5.92 Å². The molecule has 0 aliphatic heterocycles. The van der Waals surface area contributed by atoms with Crippen molar-refractivity contribution in [2.75, 3.05) is 5.32 Å². The van der Waals surface area contributed by atoms with Crippen LogP contribution >= 0.6 is 11.6 Å². The van der Waals surface area contributed by atoms with E-state index in [2.05, 4.69) is 15.8 Å². The van der Waals surface area contributed by atoms with Crippen LogP contribution in [0.15, 0.2) is 53.6 Å². The van der Waals surface area contributed by atoms with Crippen LogP contribution in [-0.4, -0.2) is 17.5 Å². The van der Waals surface area contributed by atoms with Gasteiger partial charge >= 0.3 is 0 Å². The van der Waals surface area contributed by atoms with Gasteiger partial charge in [0.25, 0.3) is 5.91 Å². The maximum atomic E-state index is 12.1. The summed E-state index contributed by atoms with van der Waals surface area (Å²) in [5.74, 6) is -0.0771. The van der Waals surface area contributed by atoms with Crippen molar-refractivity contribution in [1.29, 1.82) is 0 Å². The van der Waals surface area contributed by atoms with E-state index in [0.29, 0.717) is 16.3 Å². The zero-order valence-electron chi connectivity index (χ0n) is 13.8. The third-order valence-corrected chi connectivity index (χ3v) is 4.17. The van der Waals surface area contributed by atoms with E-state index < -0.39 is 0 Å².